The van der Waals surface area contributed by atoms with Crippen LogP contribution in [-0.4, -0.2) is 48.8 Å². The molecule has 152 valence electrons. The van der Waals surface area contributed by atoms with E-state index in [-0.39, 0.29) is 6.03 Å². The molecule has 4 aromatic rings. The molecule has 0 saturated heterocycles. The number of nitrogens with one attached hydrogen (secondary N) is 1. The molecule has 0 atom stereocenters. The molecular formula is C21H21Br2N3O3. The summed E-state index contributed by atoms with van der Waals surface area (Å²) < 4.78 is 14.1. The normalized spacial score (nSPS) is 10.6. The van der Waals surface area contributed by atoms with E-state index in [1.165, 1.54) is 4.90 Å². The SMILES string of the molecule is COc1c[nH]c2ccc(Br)cc12.COc1cn(C(=O)N(C)C)c2ccc(Br)cc12. The van der Waals surface area contributed by atoms with Crippen molar-refractivity contribution in [2.75, 3.05) is 28.3 Å². The highest BCUT2D eigenvalue weighted by atomic mass is 79.9. The third-order valence-electron chi connectivity index (χ3n) is 4.36. The van der Waals surface area contributed by atoms with Crippen molar-refractivity contribution in [3.63, 3.8) is 0 Å². The lowest BCUT2D eigenvalue weighted by atomic mass is 10.2. The Bertz CT molecular complexity index is 1160. The van der Waals surface area contributed by atoms with Gasteiger partial charge in [-0.2, -0.15) is 0 Å². The number of carbonyl (C=O) groups excluding carboxylic acids is 1. The Morgan fingerprint density at radius 1 is 0.966 bits per heavy atom. The van der Waals surface area contributed by atoms with E-state index >= 15 is 0 Å². The minimum atomic E-state index is -0.0966. The number of carbonyl (C=O) groups is 1. The second kappa shape index (κ2) is 8.92. The van der Waals surface area contributed by atoms with Crippen molar-refractivity contribution in [3.05, 3.63) is 57.7 Å². The van der Waals surface area contributed by atoms with Gasteiger partial charge in [0, 0.05) is 45.5 Å². The van der Waals surface area contributed by atoms with E-state index < -0.39 is 0 Å². The Kier molecular flexibility index (Phi) is 6.54. The van der Waals surface area contributed by atoms with Crippen LogP contribution in [0.1, 0.15) is 0 Å². The van der Waals surface area contributed by atoms with Crippen LogP contribution in [0.4, 0.5) is 4.79 Å². The zero-order valence-electron chi connectivity index (χ0n) is 16.5. The van der Waals surface area contributed by atoms with E-state index in [9.17, 15) is 4.79 Å². The standard InChI is InChI=1S/C12H13BrN2O2.C9H8BrNO/c1-14(2)12(16)15-7-11(17-3)9-6-8(13)4-5-10(9)15;1-12-9-5-11-8-3-2-6(10)4-7(8)9/h4-7H,1-3H3;2-5,11H,1H3. The van der Waals surface area contributed by atoms with E-state index in [1.807, 2.05) is 42.6 Å². The van der Waals surface area contributed by atoms with Crippen LogP contribution < -0.4 is 9.47 Å². The molecule has 6 nitrogen and oxygen atoms in total. The number of rotatable bonds is 2. The first-order valence-corrected chi connectivity index (χ1v) is 10.3. The van der Waals surface area contributed by atoms with Gasteiger partial charge in [0.25, 0.3) is 0 Å². The van der Waals surface area contributed by atoms with Crippen molar-refractivity contribution in [1.29, 1.82) is 0 Å². The Labute approximate surface area is 185 Å². The summed E-state index contributed by atoms with van der Waals surface area (Å²) in [6, 6.07) is 11.7. The molecule has 0 aliphatic rings. The minimum Gasteiger partial charge on any atom is -0.495 e. The molecule has 2 aromatic carbocycles. The molecule has 8 heteroatoms. The number of aromatic nitrogens is 2. The second-order valence-corrected chi connectivity index (χ2v) is 8.28. The van der Waals surface area contributed by atoms with Gasteiger partial charge in [-0.05, 0) is 36.4 Å². The van der Waals surface area contributed by atoms with Gasteiger partial charge in [-0.15, -0.1) is 0 Å². The lowest BCUT2D eigenvalue weighted by molar-refractivity contribution is 0.220. The van der Waals surface area contributed by atoms with Gasteiger partial charge < -0.3 is 19.4 Å². The molecule has 4 rings (SSSR count). The van der Waals surface area contributed by atoms with Crippen molar-refractivity contribution in [1.82, 2.24) is 14.5 Å². The van der Waals surface area contributed by atoms with Crippen molar-refractivity contribution in [3.8, 4) is 11.5 Å². The maximum Gasteiger partial charge on any atom is 0.328 e. The Hall–Kier alpha value is -2.45. The fourth-order valence-electron chi connectivity index (χ4n) is 2.94. The summed E-state index contributed by atoms with van der Waals surface area (Å²) in [4.78, 5) is 16.6. The third kappa shape index (κ3) is 4.43. The monoisotopic (exact) mass is 521 g/mol. The highest BCUT2D eigenvalue weighted by molar-refractivity contribution is 9.10. The summed E-state index contributed by atoms with van der Waals surface area (Å²) in [5.41, 5.74) is 1.93. The average molecular weight is 523 g/mol. The van der Waals surface area contributed by atoms with Gasteiger partial charge in [0.2, 0.25) is 0 Å². The van der Waals surface area contributed by atoms with Crippen molar-refractivity contribution < 1.29 is 14.3 Å². The molecule has 2 aromatic heterocycles. The number of nitrogens with zero attached hydrogens (tertiary/aromatic N) is 2. The van der Waals surface area contributed by atoms with Gasteiger partial charge in [0.1, 0.15) is 11.5 Å². The first kappa shape index (κ1) is 21.3. The van der Waals surface area contributed by atoms with Gasteiger partial charge in [-0.1, -0.05) is 31.9 Å². The quantitative estimate of drug-likeness (QED) is 0.357. The number of halogens is 2. The highest BCUT2D eigenvalue weighted by Crippen LogP contribution is 2.30. The molecule has 0 aliphatic carbocycles. The molecule has 2 heterocycles. The summed E-state index contributed by atoms with van der Waals surface area (Å²) >= 11 is 6.82. The van der Waals surface area contributed by atoms with Gasteiger partial charge in [-0.3, -0.25) is 4.57 Å². The Morgan fingerprint density at radius 3 is 2.21 bits per heavy atom. The fraction of sp³-hybridized carbons (Fsp3) is 0.190. The maximum absolute atomic E-state index is 12.0. The van der Waals surface area contributed by atoms with E-state index in [1.54, 1.807) is 39.1 Å². The van der Waals surface area contributed by atoms with Crippen LogP contribution in [0.2, 0.25) is 0 Å². The molecule has 1 amide bonds. The highest BCUT2D eigenvalue weighted by Gasteiger charge is 2.15. The number of ether oxygens (including phenoxy) is 2. The van der Waals surface area contributed by atoms with Crippen molar-refractivity contribution >= 4 is 59.7 Å². The van der Waals surface area contributed by atoms with Crippen LogP contribution >= 0.6 is 31.9 Å². The molecule has 0 saturated carbocycles. The Morgan fingerprint density at radius 2 is 1.59 bits per heavy atom. The van der Waals surface area contributed by atoms with E-state index in [4.69, 9.17) is 9.47 Å². The zero-order valence-corrected chi connectivity index (χ0v) is 19.7. The Balaban J connectivity index is 0.000000176. The maximum atomic E-state index is 12.0. The van der Waals surface area contributed by atoms with Crippen LogP contribution in [0.15, 0.2) is 57.7 Å². The van der Waals surface area contributed by atoms with E-state index in [2.05, 4.69) is 36.8 Å². The number of amides is 1. The summed E-state index contributed by atoms with van der Waals surface area (Å²) in [5.74, 6) is 1.57. The molecule has 0 aliphatic heterocycles. The van der Waals surface area contributed by atoms with E-state index in [0.29, 0.717) is 5.75 Å². The number of fused-ring (bicyclic) bond motifs is 2. The van der Waals surface area contributed by atoms with E-state index in [0.717, 1.165) is 36.5 Å². The molecule has 0 fully saturated rings. The second-order valence-electron chi connectivity index (χ2n) is 6.45. The molecule has 0 radical (unpaired) electrons. The van der Waals surface area contributed by atoms with Gasteiger partial charge >= 0.3 is 6.03 Å². The predicted molar refractivity (Wildman–Crippen MR) is 123 cm³/mol. The van der Waals surface area contributed by atoms with Gasteiger partial charge in [-0.25, -0.2) is 4.79 Å². The molecule has 1 N–H and O–H groups in total. The van der Waals surface area contributed by atoms with Crippen LogP contribution in [0, 0.1) is 0 Å². The van der Waals surface area contributed by atoms with Crippen LogP contribution in [0.25, 0.3) is 21.8 Å². The summed E-state index contributed by atoms with van der Waals surface area (Å²) in [5, 5.41) is 2.02. The molecule has 0 bridgehead atoms. The molecular weight excluding hydrogens is 502 g/mol. The number of hydrogen-bond acceptors (Lipinski definition) is 3. The average Bonchev–Trinajstić information content (AvgIpc) is 3.27. The first-order valence-electron chi connectivity index (χ1n) is 8.72. The van der Waals surface area contributed by atoms with Crippen LogP contribution in [0.5, 0.6) is 11.5 Å². The molecule has 0 spiro atoms. The number of methoxy groups -OCH3 is 2. The third-order valence-corrected chi connectivity index (χ3v) is 5.35. The number of hydrogen-bond donors (Lipinski definition) is 1. The fourth-order valence-corrected chi connectivity index (χ4v) is 3.67. The van der Waals surface area contributed by atoms with Crippen molar-refractivity contribution in [2.24, 2.45) is 0 Å². The minimum absolute atomic E-state index is 0.0966. The predicted octanol–water partition coefficient (Wildman–Crippen LogP) is 5.88. The number of aromatic amines is 1. The van der Waals surface area contributed by atoms with Crippen LogP contribution in [-0.2, 0) is 0 Å². The molecule has 0 unspecified atom stereocenters. The smallest absolute Gasteiger partial charge is 0.328 e. The summed E-state index contributed by atoms with van der Waals surface area (Å²) in [6.07, 6.45) is 3.57. The summed E-state index contributed by atoms with van der Waals surface area (Å²) in [6.45, 7) is 0. The lowest BCUT2D eigenvalue weighted by Gasteiger charge is -2.11. The molecule has 29 heavy (non-hydrogen) atoms. The first-order chi connectivity index (χ1) is 13.8. The largest absolute Gasteiger partial charge is 0.495 e. The topological polar surface area (TPSA) is 59.5 Å². The lowest BCUT2D eigenvalue weighted by Crippen LogP contribution is -2.26. The zero-order chi connectivity index (χ0) is 21.1. The number of benzene rings is 2. The van der Waals surface area contributed by atoms with Crippen molar-refractivity contribution in [2.45, 2.75) is 0 Å². The van der Waals surface area contributed by atoms with Gasteiger partial charge in [0.05, 0.1) is 25.9 Å². The summed E-state index contributed by atoms with van der Waals surface area (Å²) in [7, 11) is 6.71. The number of H-pyrrole nitrogens is 1. The van der Waals surface area contributed by atoms with Gasteiger partial charge in [0.15, 0.2) is 0 Å². The van der Waals surface area contributed by atoms with Crippen LogP contribution in [0.3, 0.4) is 0 Å².